The molecule has 0 aromatic heterocycles. The van der Waals surface area contributed by atoms with Crippen molar-refractivity contribution in [2.45, 2.75) is 26.2 Å². The zero-order valence-corrected chi connectivity index (χ0v) is 14.4. The van der Waals surface area contributed by atoms with Gasteiger partial charge in [-0.15, -0.1) is 0 Å². The van der Waals surface area contributed by atoms with E-state index in [1.54, 1.807) is 7.11 Å². The first-order valence-corrected chi connectivity index (χ1v) is 8.45. The summed E-state index contributed by atoms with van der Waals surface area (Å²) in [5, 5.41) is 2.87. The van der Waals surface area contributed by atoms with Gasteiger partial charge in [0, 0.05) is 25.2 Å². The van der Waals surface area contributed by atoms with Crippen LogP contribution in [0.5, 0.6) is 5.75 Å². The molecule has 1 heterocycles. The SMILES string of the molecule is CCOC(=O)[C@H]1CCCN(CCC(=O)Nc2ccc(OC)cc2)C1. The lowest BCUT2D eigenvalue weighted by molar-refractivity contribution is -0.149. The van der Waals surface area contributed by atoms with E-state index in [2.05, 4.69) is 10.2 Å². The maximum Gasteiger partial charge on any atom is 0.310 e. The molecule has 0 spiro atoms. The van der Waals surface area contributed by atoms with Crippen molar-refractivity contribution >= 4 is 17.6 Å². The second-order valence-corrected chi connectivity index (χ2v) is 5.92. The summed E-state index contributed by atoms with van der Waals surface area (Å²) in [5.74, 6) is 0.540. The summed E-state index contributed by atoms with van der Waals surface area (Å²) in [7, 11) is 1.61. The Hall–Kier alpha value is -2.08. The minimum absolute atomic E-state index is 0.0292. The number of amides is 1. The lowest BCUT2D eigenvalue weighted by Crippen LogP contribution is -2.40. The van der Waals surface area contributed by atoms with Gasteiger partial charge in [-0.25, -0.2) is 0 Å². The molecule has 0 aliphatic carbocycles. The van der Waals surface area contributed by atoms with Crippen LogP contribution >= 0.6 is 0 Å². The van der Waals surface area contributed by atoms with Gasteiger partial charge in [-0.3, -0.25) is 9.59 Å². The highest BCUT2D eigenvalue weighted by Crippen LogP contribution is 2.18. The quantitative estimate of drug-likeness (QED) is 0.775. The third-order valence-electron chi connectivity index (χ3n) is 4.15. The van der Waals surface area contributed by atoms with Gasteiger partial charge in [0.05, 0.1) is 19.6 Å². The number of hydrogen-bond donors (Lipinski definition) is 1. The highest BCUT2D eigenvalue weighted by molar-refractivity contribution is 5.90. The summed E-state index contributed by atoms with van der Waals surface area (Å²) in [6.45, 7) is 4.49. The molecule has 0 radical (unpaired) electrons. The molecule has 1 aliphatic heterocycles. The first-order valence-electron chi connectivity index (χ1n) is 8.45. The second kappa shape index (κ2) is 9.27. The third kappa shape index (κ3) is 5.53. The number of piperidine rings is 1. The molecule has 1 aromatic carbocycles. The molecule has 1 N–H and O–H groups in total. The molecule has 1 aromatic rings. The number of ether oxygens (including phenoxy) is 2. The van der Waals surface area contributed by atoms with E-state index in [4.69, 9.17) is 9.47 Å². The monoisotopic (exact) mass is 334 g/mol. The summed E-state index contributed by atoms with van der Waals surface area (Å²) in [6.07, 6.45) is 2.23. The van der Waals surface area contributed by atoms with Crippen LogP contribution in [0.3, 0.4) is 0 Å². The molecule has 2 rings (SSSR count). The van der Waals surface area contributed by atoms with Gasteiger partial charge in [0.25, 0.3) is 0 Å². The van der Waals surface area contributed by atoms with Gasteiger partial charge < -0.3 is 19.7 Å². The largest absolute Gasteiger partial charge is 0.497 e. The zero-order valence-electron chi connectivity index (χ0n) is 14.4. The fraction of sp³-hybridized carbons (Fsp3) is 0.556. The Morgan fingerprint density at radius 1 is 1.29 bits per heavy atom. The normalized spacial score (nSPS) is 18.0. The van der Waals surface area contributed by atoms with Crippen LogP contribution in [0.1, 0.15) is 26.2 Å². The Bertz CT molecular complexity index is 544. The molecule has 24 heavy (non-hydrogen) atoms. The van der Waals surface area contributed by atoms with Gasteiger partial charge in [-0.2, -0.15) is 0 Å². The smallest absolute Gasteiger partial charge is 0.310 e. The van der Waals surface area contributed by atoms with E-state index in [0.717, 1.165) is 30.8 Å². The van der Waals surface area contributed by atoms with E-state index in [1.165, 1.54) is 0 Å². The van der Waals surface area contributed by atoms with Crippen molar-refractivity contribution < 1.29 is 19.1 Å². The lowest BCUT2D eigenvalue weighted by Gasteiger charge is -2.31. The molecule has 0 saturated carbocycles. The number of likely N-dealkylation sites (tertiary alicyclic amines) is 1. The van der Waals surface area contributed by atoms with Crippen molar-refractivity contribution in [1.29, 1.82) is 0 Å². The zero-order chi connectivity index (χ0) is 17.4. The van der Waals surface area contributed by atoms with Crippen molar-refractivity contribution in [1.82, 2.24) is 4.90 Å². The Balaban J connectivity index is 1.75. The summed E-state index contributed by atoms with van der Waals surface area (Å²) >= 11 is 0. The Labute approximate surface area is 143 Å². The van der Waals surface area contributed by atoms with E-state index >= 15 is 0 Å². The first-order chi connectivity index (χ1) is 11.6. The molecule has 0 unspecified atom stereocenters. The first kappa shape index (κ1) is 18.3. The average Bonchev–Trinajstić information content (AvgIpc) is 2.61. The number of hydrogen-bond acceptors (Lipinski definition) is 5. The van der Waals surface area contributed by atoms with Gasteiger partial charge in [0.15, 0.2) is 0 Å². The molecule has 6 heteroatoms. The van der Waals surface area contributed by atoms with E-state index < -0.39 is 0 Å². The highest BCUT2D eigenvalue weighted by atomic mass is 16.5. The van der Waals surface area contributed by atoms with Crippen LogP contribution in [0.15, 0.2) is 24.3 Å². The lowest BCUT2D eigenvalue weighted by atomic mass is 9.98. The van der Waals surface area contributed by atoms with Gasteiger partial charge in [0.2, 0.25) is 5.91 Å². The van der Waals surface area contributed by atoms with Crippen LogP contribution in [0.2, 0.25) is 0 Å². The maximum atomic E-state index is 12.1. The van der Waals surface area contributed by atoms with Crippen LogP contribution < -0.4 is 10.1 Å². The summed E-state index contributed by atoms with van der Waals surface area (Å²) in [5.41, 5.74) is 0.754. The van der Waals surface area contributed by atoms with Crippen molar-refractivity contribution in [3.05, 3.63) is 24.3 Å². The number of esters is 1. The number of nitrogens with one attached hydrogen (secondary N) is 1. The number of anilines is 1. The van der Waals surface area contributed by atoms with Gasteiger partial charge >= 0.3 is 5.97 Å². The fourth-order valence-corrected chi connectivity index (χ4v) is 2.87. The van der Waals surface area contributed by atoms with Crippen LogP contribution in [0, 0.1) is 5.92 Å². The Morgan fingerprint density at radius 3 is 2.71 bits per heavy atom. The topological polar surface area (TPSA) is 67.9 Å². The number of benzene rings is 1. The number of methoxy groups -OCH3 is 1. The Morgan fingerprint density at radius 2 is 2.04 bits per heavy atom. The predicted octanol–water partition coefficient (Wildman–Crippen LogP) is 2.30. The van der Waals surface area contributed by atoms with Crippen LogP contribution in [0.4, 0.5) is 5.69 Å². The molecule has 0 bridgehead atoms. The molecule has 6 nitrogen and oxygen atoms in total. The number of carbonyl (C=O) groups is 2. The Kier molecular flexibility index (Phi) is 7.06. The standard InChI is InChI=1S/C18H26N2O4/c1-3-24-18(22)14-5-4-11-20(13-14)12-10-17(21)19-15-6-8-16(23-2)9-7-15/h6-9,14H,3-5,10-13H2,1-2H3,(H,19,21)/t14-/m0/s1. The van der Waals surface area contributed by atoms with Gasteiger partial charge in [-0.05, 0) is 50.6 Å². The van der Waals surface area contributed by atoms with Crippen LogP contribution in [0.25, 0.3) is 0 Å². The molecule has 1 aliphatic rings. The van der Waals surface area contributed by atoms with Crippen LogP contribution in [-0.4, -0.2) is 50.1 Å². The molecule has 1 amide bonds. The molecular weight excluding hydrogens is 308 g/mol. The summed E-state index contributed by atoms with van der Waals surface area (Å²) < 4.78 is 10.2. The fourth-order valence-electron chi connectivity index (χ4n) is 2.87. The number of rotatable bonds is 7. The minimum Gasteiger partial charge on any atom is -0.497 e. The molecule has 132 valence electrons. The second-order valence-electron chi connectivity index (χ2n) is 5.92. The van der Waals surface area contributed by atoms with E-state index in [-0.39, 0.29) is 17.8 Å². The van der Waals surface area contributed by atoms with Gasteiger partial charge in [0.1, 0.15) is 5.75 Å². The maximum absolute atomic E-state index is 12.1. The minimum atomic E-state index is -0.120. The molecular formula is C18H26N2O4. The van der Waals surface area contributed by atoms with Crippen LogP contribution in [-0.2, 0) is 14.3 Å². The average molecular weight is 334 g/mol. The van der Waals surface area contributed by atoms with E-state index in [1.807, 2.05) is 31.2 Å². The third-order valence-corrected chi connectivity index (χ3v) is 4.15. The van der Waals surface area contributed by atoms with Crippen molar-refractivity contribution in [2.24, 2.45) is 5.92 Å². The predicted molar refractivity (Wildman–Crippen MR) is 92.0 cm³/mol. The number of nitrogens with zero attached hydrogens (tertiary/aromatic N) is 1. The van der Waals surface area contributed by atoms with Crippen molar-refractivity contribution in [2.75, 3.05) is 38.7 Å². The number of carbonyl (C=O) groups excluding carboxylic acids is 2. The summed E-state index contributed by atoms with van der Waals surface area (Å²) in [4.78, 5) is 26.1. The van der Waals surface area contributed by atoms with Crippen molar-refractivity contribution in [3.63, 3.8) is 0 Å². The van der Waals surface area contributed by atoms with E-state index in [9.17, 15) is 9.59 Å². The molecule has 1 fully saturated rings. The molecule has 1 saturated heterocycles. The van der Waals surface area contributed by atoms with Gasteiger partial charge in [-0.1, -0.05) is 0 Å². The van der Waals surface area contributed by atoms with Crippen molar-refractivity contribution in [3.8, 4) is 5.75 Å². The van der Waals surface area contributed by atoms with E-state index in [0.29, 0.717) is 26.1 Å². The summed E-state index contributed by atoms with van der Waals surface area (Å²) in [6, 6.07) is 7.25. The molecule has 1 atom stereocenters. The highest BCUT2D eigenvalue weighted by Gasteiger charge is 2.26.